The molecule has 0 aliphatic heterocycles. The number of urea groups is 1. The molecule has 0 heterocycles. The zero-order valence-corrected chi connectivity index (χ0v) is 13.5. The van der Waals surface area contributed by atoms with Crippen molar-refractivity contribution in [2.24, 2.45) is 5.92 Å². The van der Waals surface area contributed by atoms with E-state index in [0.29, 0.717) is 12.5 Å². The molecular formula is C15H25N3OS. The van der Waals surface area contributed by atoms with Crippen LogP contribution in [0.2, 0.25) is 0 Å². The fourth-order valence-corrected chi connectivity index (χ4v) is 2.52. The van der Waals surface area contributed by atoms with Crippen molar-refractivity contribution < 1.29 is 4.79 Å². The van der Waals surface area contributed by atoms with Crippen LogP contribution in [-0.2, 0) is 0 Å². The van der Waals surface area contributed by atoms with E-state index >= 15 is 0 Å². The second-order valence-electron chi connectivity index (χ2n) is 5.03. The molecule has 1 aromatic rings. The molecule has 0 aliphatic carbocycles. The minimum Gasteiger partial charge on any atom is -0.338 e. The molecule has 2 atom stereocenters. The Balaban J connectivity index is 2.49. The largest absolute Gasteiger partial charge is 0.338 e. The van der Waals surface area contributed by atoms with Gasteiger partial charge in [0, 0.05) is 18.3 Å². The number of hydrogen-bond donors (Lipinski definition) is 3. The lowest BCUT2D eigenvalue weighted by Crippen LogP contribution is -2.33. The smallest absolute Gasteiger partial charge is 0.319 e. The van der Waals surface area contributed by atoms with Crippen LogP contribution in [0.5, 0.6) is 0 Å². The topological polar surface area (TPSA) is 53.2 Å². The van der Waals surface area contributed by atoms with Crippen LogP contribution in [0.15, 0.2) is 24.3 Å². The number of thioether (sulfide) groups is 1. The number of benzene rings is 1. The Morgan fingerprint density at radius 1 is 1.35 bits per heavy atom. The predicted molar refractivity (Wildman–Crippen MR) is 88.5 cm³/mol. The van der Waals surface area contributed by atoms with Gasteiger partial charge >= 0.3 is 6.03 Å². The van der Waals surface area contributed by atoms with Crippen molar-refractivity contribution in [2.45, 2.75) is 19.9 Å². The normalized spacial score (nSPS) is 13.6. The van der Waals surface area contributed by atoms with Crippen molar-refractivity contribution in [2.75, 3.05) is 30.9 Å². The molecule has 112 valence electrons. The third-order valence-corrected chi connectivity index (χ3v) is 4.04. The molecule has 0 radical (unpaired) electrons. The van der Waals surface area contributed by atoms with E-state index in [9.17, 15) is 4.79 Å². The fraction of sp³-hybridized carbons (Fsp3) is 0.533. The van der Waals surface area contributed by atoms with Gasteiger partial charge in [0.15, 0.2) is 0 Å². The van der Waals surface area contributed by atoms with Gasteiger partial charge in [-0.15, -0.1) is 0 Å². The van der Waals surface area contributed by atoms with Gasteiger partial charge in [-0.1, -0.05) is 19.1 Å². The second-order valence-corrected chi connectivity index (χ2v) is 5.94. The SMILES string of the molecule is CNC(C)c1cccc(NC(=O)NCC(C)CSC)c1. The van der Waals surface area contributed by atoms with E-state index in [0.717, 1.165) is 17.0 Å². The maximum Gasteiger partial charge on any atom is 0.319 e. The van der Waals surface area contributed by atoms with Crippen LogP contribution in [0.1, 0.15) is 25.5 Å². The Morgan fingerprint density at radius 3 is 2.75 bits per heavy atom. The summed E-state index contributed by atoms with van der Waals surface area (Å²) in [5.41, 5.74) is 1.97. The first-order chi connectivity index (χ1) is 9.56. The number of carbonyl (C=O) groups excluding carboxylic acids is 1. The lowest BCUT2D eigenvalue weighted by Gasteiger charge is -2.14. The highest BCUT2D eigenvalue weighted by atomic mass is 32.2. The molecule has 0 spiro atoms. The van der Waals surface area contributed by atoms with Gasteiger partial charge in [0.25, 0.3) is 0 Å². The average molecular weight is 295 g/mol. The maximum atomic E-state index is 11.8. The van der Waals surface area contributed by atoms with Gasteiger partial charge < -0.3 is 16.0 Å². The molecule has 1 aromatic carbocycles. The van der Waals surface area contributed by atoms with Crippen LogP contribution in [0.4, 0.5) is 10.5 Å². The van der Waals surface area contributed by atoms with E-state index in [4.69, 9.17) is 0 Å². The van der Waals surface area contributed by atoms with Crippen molar-refractivity contribution in [3.63, 3.8) is 0 Å². The molecule has 2 unspecified atom stereocenters. The van der Waals surface area contributed by atoms with Crippen molar-refractivity contribution in [3.8, 4) is 0 Å². The summed E-state index contributed by atoms with van der Waals surface area (Å²) < 4.78 is 0. The molecule has 2 amide bonds. The van der Waals surface area contributed by atoms with E-state index in [1.165, 1.54) is 0 Å². The molecule has 0 saturated heterocycles. The highest BCUT2D eigenvalue weighted by Gasteiger charge is 2.07. The summed E-state index contributed by atoms with van der Waals surface area (Å²) >= 11 is 1.79. The third-order valence-electron chi connectivity index (χ3n) is 3.14. The molecule has 20 heavy (non-hydrogen) atoms. The molecule has 0 saturated carbocycles. The van der Waals surface area contributed by atoms with Gasteiger partial charge in [0.05, 0.1) is 0 Å². The standard InChI is InChI=1S/C15H25N3OS/c1-11(10-20-4)9-17-15(19)18-14-7-5-6-13(8-14)12(2)16-3/h5-8,11-12,16H,9-10H2,1-4H3,(H2,17,18,19). The van der Waals surface area contributed by atoms with Crippen molar-refractivity contribution in [1.29, 1.82) is 0 Å². The minimum atomic E-state index is -0.146. The molecule has 4 nitrogen and oxygen atoms in total. The molecule has 0 aromatic heterocycles. The van der Waals surface area contributed by atoms with Crippen molar-refractivity contribution >= 4 is 23.5 Å². The number of carbonyl (C=O) groups is 1. The summed E-state index contributed by atoms with van der Waals surface area (Å²) in [4.78, 5) is 11.8. The summed E-state index contributed by atoms with van der Waals surface area (Å²) in [5, 5.41) is 8.96. The van der Waals surface area contributed by atoms with Gasteiger partial charge in [-0.2, -0.15) is 11.8 Å². The minimum absolute atomic E-state index is 0.146. The van der Waals surface area contributed by atoms with E-state index in [2.05, 4.69) is 36.1 Å². The third kappa shape index (κ3) is 5.84. The summed E-state index contributed by atoms with van der Waals surface area (Å²) in [6.45, 7) is 4.91. The van der Waals surface area contributed by atoms with Gasteiger partial charge in [-0.3, -0.25) is 0 Å². The van der Waals surface area contributed by atoms with Gasteiger partial charge in [0.2, 0.25) is 0 Å². The van der Waals surface area contributed by atoms with Crippen molar-refractivity contribution in [3.05, 3.63) is 29.8 Å². The molecular weight excluding hydrogens is 270 g/mol. The van der Waals surface area contributed by atoms with Crippen molar-refractivity contribution in [1.82, 2.24) is 10.6 Å². The van der Waals surface area contributed by atoms with Crippen LogP contribution in [0, 0.1) is 5.92 Å². The van der Waals surface area contributed by atoms with Crippen LogP contribution in [-0.4, -0.2) is 31.6 Å². The van der Waals surface area contributed by atoms with Gasteiger partial charge in [-0.25, -0.2) is 4.79 Å². The number of anilines is 1. The Hall–Kier alpha value is -1.20. The highest BCUT2D eigenvalue weighted by Crippen LogP contribution is 2.16. The number of rotatable bonds is 7. The first-order valence-electron chi connectivity index (χ1n) is 6.87. The Labute approximate surface area is 126 Å². The molecule has 5 heteroatoms. The van der Waals surface area contributed by atoms with Gasteiger partial charge in [0.1, 0.15) is 0 Å². The molecule has 3 N–H and O–H groups in total. The lowest BCUT2D eigenvalue weighted by molar-refractivity contribution is 0.251. The Morgan fingerprint density at radius 2 is 2.10 bits per heavy atom. The predicted octanol–water partition coefficient (Wildman–Crippen LogP) is 3.09. The first-order valence-corrected chi connectivity index (χ1v) is 8.27. The zero-order valence-electron chi connectivity index (χ0n) is 12.7. The Bertz CT molecular complexity index is 425. The molecule has 0 fully saturated rings. The molecule has 0 bridgehead atoms. The van der Waals surface area contributed by atoms with E-state index < -0.39 is 0 Å². The fourth-order valence-electron chi connectivity index (χ4n) is 1.84. The first kappa shape index (κ1) is 16.9. The second kappa shape index (κ2) is 8.87. The maximum absolute atomic E-state index is 11.8. The zero-order chi connectivity index (χ0) is 15.0. The highest BCUT2D eigenvalue weighted by molar-refractivity contribution is 7.98. The van der Waals surface area contributed by atoms with Crippen LogP contribution in [0.3, 0.4) is 0 Å². The average Bonchev–Trinajstić information content (AvgIpc) is 2.45. The number of nitrogens with one attached hydrogen (secondary N) is 3. The quantitative estimate of drug-likeness (QED) is 0.724. The van der Waals surface area contributed by atoms with E-state index in [1.54, 1.807) is 11.8 Å². The molecule has 0 aliphatic rings. The summed E-state index contributed by atoms with van der Waals surface area (Å²) in [7, 11) is 1.92. The summed E-state index contributed by atoms with van der Waals surface area (Å²) in [6.07, 6.45) is 2.07. The lowest BCUT2D eigenvalue weighted by atomic mass is 10.1. The number of hydrogen-bond acceptors (Lipinski definition) is 3. The Kier molecular flexibility index (Phi) is 7.47. The number of amides is 2. The van der Waals surface area contributed by atoms with Gasteiger partial charge in [-0.05, 0) is 49.6 Å². The van der Waals surface area contributed by atoms with E-state index in [1.807, 2.05) is 31.3 Å². The van der Waals surface area contributed by atoms with E-state index in [-0.39, 0.29) is 12.1 Å². The summed E-state index contributed by atoms with van der Waals surface area (Å²) in [6, 6.07) is 8.01. The van der Waals surface area contributed by atoms with Crippen LogP contribution in [0.25, 0.3) is 0 Å². The van der Waals surface area contributed by atoms with Crippen LogP contribution >= 0.6 is 11.8 Å². The summed E-state index contributed by atoms with van der Waals surface area (Å²) in [5.74, 6) is 1.53. The van der Waals surface area contributed by atoms with Crippen LogP contribution < -0.4 is 16.0 Å². The molecule has 1 rings (SSSR count). The monoisotopic (exact) mass is 295 g/mol.